The van der Waals surface area contributed by atoms with Gasteiger partial charge in [0, 0.05) is 22.2 Å². The summed E-state index contributed by atoms with van der Waals surface area (Å²) in [5, 5.41) is 3.99. The summed E-state index contributed by atoms with van der Waals surface area (Å²) < 4.78 is 1.70. The van der Waals surface area contributed by atoms with E-state index in [1.807, 2.05) is 19.9 Å². The van der Waals surface area contributed by atoms with E-state index >= 15 is 0 Å². The molecule has 0 radical (unpaired) electrons. The van der Waals surface area contributed by atoms with Gasteiger partial charge in [0.2, 0.25) is 11.9 Å². The molecule has 27 heavy (non-hydrogen) atoms. The monoisotopic (exact) mass is 382 g/mol. The van der Waals surface area contributed by atoms with Gasteiger partial charge in [-0.15, -0.1) is 11.3 Å². The average molecular weight is 382 g/mol. The molecule has 1 aliphatic carbocycles. The molecule has 0 aliphatic heterocycles. The number of aromatic nitrogens is 2. The van der Waals surface area contributed by atoms with Crippen LogP contribution < -0.4 is 16.6 Å². The third-order valence-electron chi connectivity index (χ3n) is 4.94. The minimum Gasteiger partial charge on any atom is -0.366 e. The molecule has 0 spiro atoms. The van der Waals surface area contributed by atoms with Crippen molar-refractivity contribution >= 4 is 39.1 Å². The van der Waals surface area contributed by atoms with Gasteiger partial charge in [-0.25, -0.2) is 4.98 Å². The largest absolute Gasteiger partial charge is 0.366 e. The molecule has 1 amide bonds. The van der Waals surface area contributed by atoms with Gasteiger partial charge in [-0.1, -0.05) is 6.07 Å². The van der Waals surface area contributed by atoms with Crippen LogP contribution in [0.25, 0.3) is 10.2 Å². The molecule has 0 saturated heterocycles. The molecule has 2 aromatic heterocycles. The van der Waals surface area contributed by atoms with Crippen molar-refractivity contribution in [3.63, 3.8) is 0 Å². The molecule has 0 fully saturated rings. The van der Waals surface area contributed by atoms with Crippen molar-refractivity contribution in [1.29, 1.82) is 0 Å². The number of hydrogen-bond donors (Lipinski definition) is 2. The van der Waals surface area contributed by atoms with E-state index in [9.17, 15) is 9.59 Å². The lowest BCUT2D eigenvalue weighted by molar-refractivity contribution is 0.100. The Balaban J connectivity index is 1.87. The van der Waals surface area contributed by atoms with Crippen molar-refractivity contribution in [1.82, 2.24) is 9.55 Å². The van der Waals surface area contributed by atoms with Crippen LogP contribution in [-0.2, 0) is 12.8 Å². The van der Waals surface area contributed by atoms with Crippen molar-refractivity contribution < 1.29 is 4.79 Å². The summed E-state index contributed by atoms with van der Waals surface area (Å²) in [6.45, 7) is 3.94. The molecule has 1 aliphatic rings. The number of benzene rings is 1. The van der Waals surface area contributed by atoms with Gasteiger partial charge >= 0.3 is 0 Å². The van der Waals surface area contributed by atoms with Gasteiger partial charge in [-0.05, 0) is 63.3 Å². The maximum atomic E-state index is 13.3. The van der Waals surface area contributed by atoms with E-state index in [0.717, 1.165) is 29.5 Å². The highest BCUT2D eigenvalue weighted by molar-refractivity contribution is 7.18. The Kier molecular flexibility index (Phi) is 4.47. The molecule has 3 N–H and O–H groups in total. The predicted molar refractivity (Wildman–Crippen MR) is 109 cm³/mol. The highest BCUT2D eigenvalue weighted by atomic mass is 32.1. The molecule has 0 bridgehead atoms. The van der Waals surface area contributed by atoms with Crippen LogP contribution in [0.3, 0.4) is 0 Å². The first-order chi connectivity index (χ1) is 13.0. The second-order valence-electron chi connectivity index (χ2n) is 7.17. The van der Waals surface area contributed by atoms with Crippen molar-refractivity contribution in [2.24, 2.45) is 5.73 Å². The number of aryl methyl sites for hydroxylation is 2. The van der Waals surface area contributed by atoms with Crippen LogP contribution in [0.1, 0.15) is 53.5 Å². The Morgan fingerprint density at radius 2 is 2.07 bits per heavy atom. The second-order valence-corrected chi connectivity index (χ2v) is 8.25. The van der Waals surface area contributed by atoms with Crippen LogP contribution in [0.15, 0.2) is 29.1 Å². The summed E-state index contributed by atoms with van der Waals surface area (Å²) in [6.07, 6.45) is 4.28. The third-order valence-corrected chi connectivity index (χ3v) is 6.13. The first-order valence-corrected chi connectivity index (χ1v) is 10.0. The lowest BCUT2D eigenvalue weighted by Gasteiger charge is -2.17. The fourth-order valence-electron chi connectivity index (χ4n) is 3.66. The molecule has 0 unspecified atom stereocenters. The van der Waals surface area contributed by atoms with E-state index in [-0.39, 0.29) is 11.6 Å². The van der Waals surface area contributed by atoms with Crippen molar-refractivity contribution in [2.45, 2.75) is 45.6 Å². The van der Waals surface area contributed by atoms with Gasteiger partial charge in [-0.3, -0.25) is 14.2 Å². The Morgan fingerprint density at radius 1 is 1.30 bits per heavy atom. The molecule has 0 atom stereocenters. The smallest absolute Gasteiger partial charge is 0.264 e. The number of primary amides is 1. The number of hydrogen-bond acceptors (Lipinski definition) is 5. The van der Waals surface area contributed by atoms with E-state index in [1.165, 1.54) is 16.9 Å². The SMILES string of the molecule is CC(C)n1c(Nc2cccc(C(N)=O)c2)nc2sc3c(c2c1=O)CCCC3. The minimum atomic E-state index is -0.491. The molecule has 140 valence electrons. The molecular weight excluding hydrogens is 360 g/mol. The Morgan fingerprint density at radius 3 is 2.81 bits per heavy atom. The van der Waals surface area contributed by atoms with Gasteiger partial charge in [0.25, 0.3) is 5.56 Å². The molecular formula is C20H22N4O2S. The first kappa shape index (κ1) is 17.7. The molecule has 0 saturated carbocycles. The van der Waals surface area contributed by atoms with E-state index < -0.39 is 5.91 Å². The number of nitrogens with one attached hydrogen (secondary N) is 1. The van der Waals surface area contributed by atoms with Crippen molar-refractivity contribution in [3.05, 3.63) is 50.6 Å². The lowest BCUT2D eigenvalue weighted by atomic mass is 9.97. The number of rotatable bonds is 4. The van der Waals surface area contributed by atoms with Gasteiger partial charge in [0.1, 0.15) is 4.83 Å². The zero-order chi connectivity index (χ0) is 19.1. The molecule has 4 rings (SSSR count). The number of anilines is 2. The topological polar surface area (TPSA) is 90.0 Å². The summed E-state index contributed by atoms with van der Waals surface area (Å²) in [4.78, 5) is 31.6. The number of carbonyl (C=O) groups excluding carboxylic acids is 1. The zero-order valence-corrected chi connectivity index (χ0v) is 16.2. The van der Waals surface area contributed by atoms with Crippen molar-refractivity contribution in [3.8, 4) is 0 Å². The Hall–Kier alpha value is -2.67. The number of thiophene rings is 1. The van der Waals surface area contributed by atoms with Crippen LogP contribution in [-0.4, -0.2) is 15.5 Å². The summed E-state index contributed by atoms with van der Waals surface area (Å²) in [7, 11) is 0. The normalized spacial score (nSPS) is 13.7. The van der Waals surface area contributed by atoms with Crippen LogP contribution in [0.2, 0.25) is 0 Å². The van der Waals surface area contributed by atoms with E-state index in [0.29, 0.717) is 17.2 Å². The van der Waals surface area contributed by atoms with Crippen molar-refractivity contribution in [2.75, 3.05) is 5.32 Å². The Labute approximate surface area is 161 Å². The molecule has 1 aromatic carbocycles. The number of fused-ring (bicyclic) bond motifs is 3. The maximum Gasteiger partial charge on any atom is 0.264 e. The summed E-state index contributed by atoms with van der Waals surface area (Å²) in [5.41, 5.74) is 7.65. The Bertz CT molecular complexity index is 1100. The van der Waals surface area contributed by atoms with Gasteiger partial charge in [-0.2, -0.15) is 0 Å². The van der Waals surface area contributed by atoms with Crippen LogP contribution in [0.5, 0.6) is 0 Å². The first-order valence-electron chi connectivity index (χ1n) is 9.19. The quantitative estimate of drug-likeness (QED) is 0.719. The fraction of sp³-hybridized carbons (Fsp3) is 0.350. The number of amides is 1. The van der Waals surface area contributed by atoms with E-state index in [2.05, 4.69) is 5.32 Å². The molecule has 6 nitrogen and oxygen atoms in total. The summed E-state index contributed by atoms with van der Waals surface area (Å²) >= 11 is 1.63. The van der Waals surface area contributed by atoms with Crippen LogP contribution >= 0.6 is 11.3 Å². The van der Waals surface area contributed by atoms with E-state index in [4.69, 9.17) is 10.7 Å². The summed E-state index contributed by atoms with van der Waals surface area (Å²) in [6, 6.07) is 6.86. The molecule has 7 heteroatoms. The minimum absolute atomic E-state index is 0.00274. The van der Waals surface area contributed by atoms with Crippen LogP contribution in [0.4, 0.5) is 11.6 Å². The molecule has 2 heterocycles. The van der Waals surface area contributed by atoms with Gasteiger partial charge < -0.3 is 11.1 Å². The third kappa shape index (κ3) is 3.12. The van der Waals surface area contributed by atoms with Gasteiger partial charge in [0.05, 0.1) is 5.39 Å². The highest BCUT2D eigenvalue weighted by Crippen LogP contribution is 2.35. The number of nitrogens with two attached hydrogens (primary N) is 1. The second kappa shape index (κ2) is 6.81. The van der Waals surface area contributed by atoms with E-state index in [1.54, 1.807) is 34.1 Å². The van der Waals surface area contributed by atoms with Crippen LogP contribution in [0, 0.1) is 0 Å². The number of nitrogens with zero attached hydrogens (tertiary/aromatic N) is 2. The summed E-state index contributed by atoms with van der Waals surface area (Å²) in [5.74, 6) is -0.00281. The standard InChI is InChI=1S/C20H22N4O2S/c1-11(2)24-19(26)16-14-8-3-4-9-15(14)27-18(16)23-20(24)22-13-7-5-6-12(10-13)17(21)25/h5-7,10-11H,3-4,8-9H2,1-2H3,(H2,21,25)(H,22,23). The average Bonchev–Trinajstić information content (AvgIpc) is 3.00. The highest BCUT2D eigenvalue weighted by Gasteiger charge is 2.23. The lowest BCUT2D eigenvalue weighted by Crippen LogP contribution is -2.26. The predicted octanol–water partition coefficient (Wildman–Crippen LogP) is 3.76. The fourth-order valence-corrected chi connectivity index (χ4v) is 4.92. The maximum absolute atomic E-state index is 13.3. The zero-order valence-electron chi connectivity index (χ0n) is 15.4. The molecule has 3 aromatic rings. The van der Waals surface area contributed by atoms with Gasteiger partial charge in [0.15, 0.2) is 0 Å². The number of carbonyl (C=O) groups is 1.